The third kappa shape index (κ3) is 5.77. The van der Waals surface area contributed by atoms with E-state index in [-0.39, 0.29) is 24.8 Å². The normalized spacial score (nSPS) is 20.8. The lowest BCUT2D eigenvalue weighted by molar-refractivity contribution is -0.144. The predicted octanol–water partition coefficient (Wildman–Crippen LogP) is 1.20. The van der Waals surface area contributed by atoms with Gasteiger partial charge in [-0.05, 0) is 30.4 Å². The third-order valence-corrected chi connectivity index (χ3v) is 6.33. The largest absolute Gasteiger partial charge is 0.391 e. The summed E-state index contributed by atoms with van der Waals surface area (Å²) >= 11 is 0. The van der Waals surface area contributed by atoms with Crippen LogP contribution >= 0.6 is 0 Å². The molecule has 2 unspecified atom stereocenters. The van der Waals surface area contributed by atoms with E-state index in [2.05, 4.69) is 32.0 Å². The zero-order valence-corrected chi connectivity index (χ0v) is 20.3. The van der Waals surface area contributed by atoms with Crippen molar-refractivity contribution in [3.8, 4) is 6.07 Å². The molecular weight excluding hydrogens is 448 g/mol. The van der Waals surface area contributed by atoms with E-state index < -0.39 is 23.6 Å². The average molecular weight is 481 g/mol. The van der Waals surface area contributed by atoms with Crippen LogP contribution < -0.4 is 10.6 Å². The Morgan fingerprint density at radius 1 is 1.31 bits per heavy atom. The fourth-order valence-electron chi connectivity index (χ4n) is 4.42. The average Bonchev–Trinajstić information content (AvgIpc) is 3.43. The van der Waals surface area contributed by atoms with Crippen molar-refractivity contribution in [1.29, 1.82) is 5.26 Å². The van der Waals surface area contributed by atoms with Crippen LogP contribution in [0.25, 0.3) is 0 Å². The second-order valence-corrected chi connectivity index (χ2v) is 10.3. The molecule has 2 aliphatic rings. The first-order valence-electron chi connectivity index (χ1n) is 12.0. The molecule has 2 fully saturated rings. The van der Waals surface area contributed by atoms with Crippen molar-refractivity contribution in [3.63, 3.8) is 0 Å². The van der Waals surface area contributed by atoms with E-state index in [1.807, 2.05) is 27.0 Å². The molecule has 1 aliphatic carbocycles. The highest BCUT2D eigenvalue weighted by Crippen LogP contribution is 2.40. The first-order valence-corrected chi connectivity index (χ1v) is 12.0. The summed E-state index contributed by atoms with van der Waals surface area (Å²) < 4.78 is 1.61. The highest BCUT2D eigenvalue weighted by atomic mass is 16.3. The van der Waals surface area contributed by atoms with Crippen molar-refractivity contribution >= 4 is 17.6 Å². The van der Waals surface area contributed by atoms with Gasteiger partial charge >= 0.3 is 0 Å². The summed E-state index contributed by atoms with van der Waals surface area (Å²) in [5.41, 5.74) is 0.908. The highest BCUT2D eigenvalue weighted by molar-refractivity contribution is 5.90. The number of carbonyl (C=O) groups is 2. The summed E-state index contributed by atoms with van der Waals surface area (Å²) in [6.07, 6.45) is 4.96. The molecule has 35 heavy (non-hydrogen) atoms. The number of carbonyl (C=O) groups excluding carboxylic acids is 2. The van der Waals surface area contributed by atoms with Gasteiger partial charge in [0, 0.05) is 44.4 Å². The van der Waals surface area contributed by atoms with Gasteiger partial charge in [0.1, 0.15) is 17.9 Å². The zero-order valence-electron chi connectivity index (χ0n) is 20.3. The van der Waals surface area contributed by atoms with Crippen LogP contribution in [0.1, 0.15) is 63.3 Å². The minimum atomic E-state index is -0.774. The smallest absolute Gasteiger partial charge is 0.248 e. The molecule has 1 saturated heterocycles. The summed E-state index contributed by atoms with van der Waals surface area (Å²) in [4.78, 5) is 32.3. The number of β-amino-alcohol motifs (C(OH)–C–C–N with tert-alkyl or cyclic N) is 1. The van der Waals surface area contributed by atoms with Gasteiger partial charge in [-0.3, -0.25) is 9.59 Å². The molecule has 2 amide bonds. The zero-order chi connectivity index (χ0) is 25.2. The van der Waals surface area contributed by atoms with Crippen LogP contribution in [-0.2, 0) is 9.59 Å². The number of aliphatic hydroxyl groups is 1. The van der Waals surface area contributed by atoms with Crippen LogP contribution in [0.2, 0.25) is 0 Å². The van der Waals surface area contributed by atoms with E-state index in [4.69, 9.17) is 5.26 Å². The Kier molecular flexibility index (Phi) is 7.03. The maximum absolute atomic E-state index is 13.7. The van der Waals surface area contributed by atoms with Crippen LogP contribution in [0, 0.1) is 16.7 Å². The number of rotatable bonds is 8. The maximum Gasteiger partial charge on any atom is 0.248 e. The van der Waals surface area contributed by atoms with Crippen LogP contribution in [-0.4, -0.2) is 73.6 Å². The SMILES string of the molecule is CC(C)(C)[C@@H](C(=O)N1CC(O)CC1C(=O)NCCNc1cc(C#N)ccn1)n1cc(C2CC2)nn1. The number of aliphatic hydroxyl groups excluding tert-OH is 1. The first kappa shape index (κ1) is 24.6. The molecule has 3 N–H and O–H groups in total. The molecule has 1 aliphatic heterocycles. The number of nitrogens with zero attached hydrogens (tertiary/aromatic N) is 6. The molecule has 186 valence electrons. The molecule has 3 atom stereocenters. The Balaban J connectivity index is 1.40. The van der Waals surface area contributed by atoms with Crippen molar-refractivity contribution in [2.75, 3.05) is 25.0 Å². The molecule has 1 saturated carbocycles. The van der Waals surface area contributed by atoms with Gasteiger partial charge in [0.2, 0.25) is 11.8 Å². The number of pyridine rings is 1. The molecule has 0 aromatic carbocycles. The Morgan fingerprint density at radius 2 is 2.09 bits per heavy atom. The van der Waals surface area contributed by atoms with E-state index >= 15 is 0 Å². The van der Waals surface area contributed by atoms with Gasteiger partial charge in [-0.25, -0.2) is 9.67 Å². The quantitative estimate of drug-likeness (QED) is 0.477. The second-order valence-electron chi connectivity index (χ2n) is 10.3. The van der Waals surface area contributed by atoms with Crippen LogP contribution in [0.4, 0.5) is 5.82 Å². The van der Waals surface area contributed by atoms with E-state index in [0.717, 1.165) is 18.5 Å². The number of hydrogen-bond acceptors (Lipinski definition) is 8. The summed E-state index contributed by atoms with van der Waals surface area (Å²) in [6.45, 7) is 6.65. The fourth-order valence-corrected chi connectivity index (χ4v) is 4.42. The van der Waals surface area contributed by atoms with Gasteiger partial charge in [-0.2, -0.15) is 5.26 Å². The number of nitriles is 1. The number of anilines is 1. The molecular formula is C24H32N8O3. The minimum Gasteiger partial charge on any atom is -0.391 e. The molecule has 2 aromatic rings. The van der Waals surface area contributed by atoms with Crippen LogP contribution in [0.15, 0.2) is 24.5 Å². The molecule has 0 radical (unpaired) electrons. The van der Waals surface area contributed by atoms with Gasteiger partial charge in [-0.1, -0.05) is 26.0 Å². The number of hydrogen-bond donors (Lipinski definition) is 3. The number of amides is 2. The van der Waals surface area contributed by atoms with Crippen molar-refractivity contribution in [1.82, 2.24) is 30.2 Å². The van der Waals surface area contributed by atoms with Crippen LogP contribution in [0.5, 0.6) is 0 Å². The Bertz CT molecular complexity index is 1110. The van der Waals surface area contributed by atoms with E-state index in [0.29, 0.717) is 30.4 Å². The van der Waals surface area contributed by atoms with Gasteiger partial charge in [-0.15, -0.1) is 5.10 Å². The summed E-state index contributed by atoms with van der Waals surface area (Å²) in [6, 6.07) is 3.87. The van der Waals surface area contributed by atoms with Gasteiger partial charge in [0.25, 0.3) is 0 Å². The lowest BCUT2D eigenvalue weighted by Crippen LogP contribution is -2.50. The van der Waals surface area contributed by atoms with Crippen molar-refractivity contribution in [3.05, 3.63) is 35.8 Å². The molecule has 2 aromatic heterocycles. The number of nitrogens with one attached hydrogen (secondary N) is 2. The lowest BCUT2D eigenvalue weighted by Gasteiger charge is -2.34. The van der Waals surface area contributed by atoms with E-state index in [1.165, 1.54) is 11.1 Å². The fraction of sp³-hybridized carbons (Fsp3) is 0.583. The third-order valence-electron chi connectivity index (χ3n) is 6.33. The van der Waals surface area contributed by atoms with E-state index in [9.17, 15) is 14.7 Å². The summed E-state index contributed by atoms with van der Waals surface area (Å²) in [5, 5.41) is 33.7. The molecule has 4 rings (SSSR count). The Labute approximate surface area is 204 Å². The molecule has 11 heteroatoms. The first-order chi connectivity index (χ1) is 16.7. The molecule has 3 heterocycles. The maximum atomic E-state index is 13.7. The monoisotopic (exact) mass is 480 g/mol. The van der Waals surface area contributed by atoms with E-state index in [1.54, 1.807) is 16.8 Å². The summed E-state index contributed by atoms with van der Waals surface area (Å²) in [7, 11) is 0. The van der Waals surface area contributed by atoms with Crippen molar-refractivity contribution in [2.24, 2.45) is 5.41 Å². The number of aromatic nitrogens is 4. The van der Waals surface area contributed by atoms with Crippen LogP contribution in [0.3, 0.4) is 0 Å². The standard InChI is InChI=1S/C24H32N8O3/c1-24(2,3)21(32-14-18(29-30-32)16-4-5-16)23(35)31-13-17(33)11-19(31)22(34)28-9-8-27-20-10-15(12-25)6-7-26-20/h6-7,10,14,16-17,19,21,33H,4-5,8-9,11,13H2,1-3H3,(H,26,27)(H,28,34)/t17?,19?,21-/m1/s1. The van der Waals surface area contributed by atoms with Gasteiger partial charge in [0.05, 0.1) is 23.4 Å². The van der Waals surface area contributed by atoms with Crippen molar-refractivity contribution < 1.29 is 14.7 Å². The minimum absolute atomic E-state index is 0.0940. The highest BCUT2D eigenvalue weighted by Gasteiger charge is 2.45. The molecule has 0 spiro atoms. The Hall–Kier alpha value is -3.52. The summed E-state index contributed by atoms with van der Waals surface area (Å²) in [5.74, 6) is 0.382. The topological polar surface area (TPSA) is 149 Å². The molecule has 11 nitrogen and oxygen atoms in total. The van der Waals surface area contributed by atoms with Crippen molar-refractivity contribution in [2.45, 2.75) is 64.1 Å². The lowest BCUT2D eigenvalue weighted by atomic mass is 9.85. The second kappa shape index (κ2) is 10.00. The van der Waals surface area contributed by atoms with Gasteiger partial charge in [0.15, 0.2) is 0 Å². The predicted molar refractivity (Wildman–Crippen MR) is 127 cm³/mol. The number of likely N-dealkylation sites (tertiary alicyclic amines) is 1. The van der Waals surface area contributed by atoms with Gasteiger partial charge < -0.3 is 20.6 Å². The molecule has 0 bridgehead atoms. The Morgan fingerprint density at radius 3 is 2.77 bits per heavy atom.